The maximum atomic E-state index is 11.5. The van der Waals surface area contributed by atoms with Crippen LogP contribution in [-0.4, -0.2) is 39.8 Å². The van der Waals surface area contributed by atoms with Gasteiger partial charge in [-0.2, -0.15) is 16.9 Å². The van der Waals surface area contributed by atoms with Crippen LogP contribution < -0.4 is 5.32 Å². The number of aromatic nitrogens is 2. The van der Waals surface area contributed by atoms with Gasteiger partial charge in [-0.3, -0.25) is 0 Å². The molecule has 0 unspecified atom stereocenters. The van der Waals surface area contributed by atoms with Gasteiger partial charge in [0.25, 0.3) is 0 Å². The van der Waals surface area contributed by atoms with Gasteiger partial charge in [-0.1, -0.05) is 13.8 Å². The molecule has 1 aromatic heterocycles. The first-order valence-corrected chi connectivity index (χ1v) is 8.39. The van der Waals surface area contributed by atoms with Crippen LogP contribution in [0.3, 0.4) is 0 Å². The molecule has 112 valence electrons. The van der Waals surface area contributed by atoms with Gasteiger partial charge < -0.3 is 10.4 Å². The summed E-state index contributed by atoms with van der Waals surface area (Å²) in [5.41, 5.74) is 1.85. The zero-order valence-corrected chi connectivity index (χ0v) is 13.2. The molecule has 0 aliphatic carbocycles. The summed E-state index contributed by atoms with van der Waals surface area (Å²) in [4.78, 5) is 11.5. The summed E-state index contributed by atoms with van der Waals surface area (Å²) in [6.07, 6.45) is 5.54. The van der Waals surface area contributed by atoms with Crippen molar-refractivity contribution >= 4 is 23.5 Å². The smallest absolute Gasteiger partial charge is 0.339 e. The second-order valence-electron chi connectivity index (χ2n) is 4.49. The minimum Gasteiger partial charge on any atom is -0.478 e. The quantitative estimate of drug-likeness (QED) is 0.683. The number of hydrogen-bond acceptors (Lipinski definition) is 5. The number of aromatic carboxylic acids is 1. The van der Waals surface area contributed by atoms with E-state index in [0.29, 0.717) is 18.7 Å². The molecule has 1 heterocycles. The van der Waals surface area contributed by atoms with Crippen molar-refractivity contribution in [1.29, 1.82) is 0 Å². The molecule has 0 saturated carbocycles. The Morgan fingerprint density at radius 2 is 2.00 bits per heavy atom. The highest BCUT2D eigenvalue weighted by Gasteiger charge is 2.19. The van der Waals surface area contributed by atoms with Crippen molar-refractivity contribution in [2.24, 2.45) is 0 Å². The summed E-state index contributed by atoms with van der Waals surface area (Å²) < 4.78 is 0. The molecule has 20 heavy (non-hydrogen) atoms. The van der Waals surface area contributed by atoms with Crippen molar-refractivity contribution in [1.82, 2.24) is 10.2 Å². The van der Waals surface area contributed by atoms with Crippen molar-refractivity contribution < 1.29 is 9.90 Å². The van der Waals surface area contributed by atoms with Gasteiger partial charge in [0.2, 0.25) is 0 Å². The Labute approximate surface area is 124 Å². The van der Waals surface area contributed by atoms with E-state index in [0.717, 1.165) is 36.4 Å². The second-order valence-corrected chi connectivity index (χ2v) is 5.47. The molecule has 6 heteroatoms. The van der Waals surface area contributed by atoms with E-state index in [4.69, 9.17) is 0 Å². The molecular weight excluding hydrogens is 274 g/mol. The molecule has 0 atom stereocenters. The van der Waals surface area contributed by atoms with Gasteiger partial charge in [0, 0.05) is 6.54 Å². The van der Waals surface area contributed by atoms with Gasteiger partial charge >= 0.3 is 5.97 Å². The fraction of sp³-hybridized carbons (Fsp3) is 0.643. The third kappa shape index (κ3) is 4.37. The van der Waals surface area contributed by atoms with Gasteiger partial charge in [-0.25, -0.2) is 4.79 Å². The normalized spacial score (nSPS) is 10.6. The molecule has 2 N–H and O–H groups in total. The Hall–Kier alpha value is -1.30. The van der Waals surface area contributed by atoms with Crippen LogP contribution in [0.4, 0.5) is 5.82 Å². The summed E-state index contributed by atoms with van der Waals surface area (Å²) in [6, 6.07) is 0. The number of rotatable bonds is 9. The van der Waals surface area contributed by atoms with Crippen LogP contribution in [0.1, 0.15) is 48.3 Å². The zero-order valence-electron chi connectivity index (χ0n) is 12.4. The summed E-state index contributed by atoms with van der Waals surface area (Å²) in [7, 11) is 0. The highest BCUT2D eigenvalue weighted by atomic mass is 32.2. The van der Waals surface area contributed by atoms with Gasteiger partial charge in [-0.05, 0) is 43.3 Å². The first kappa shape index (κ1) is 16.8. The molecule has 0 amide bonds. The molecule has 0 fully saturated rings. The molecule has 1 aromatic rings. The van der Waals surface area contributed by atoms with E-state index in [1.165, 1.54) is 0 Å². The number of carboxylic acid groups (broad SMARTS) is 1. The maximum absolute atomic E-state index is 11.5. The predicted molar refractivity (Wildman–Crippen MR) is 83.9 cm³/mol. The SMILES string of the molecule is CCc1nnc(NCCCCSC)c(C(=O)O)c1CC. The molecule has 0 saturated heterocycles. The van der Waals surface area contributed by atoms with E-state index >= 15 is 0 Å². The molecule has 0 aliphatic rings. The third-order valence-electron chi connectivity index (χ3n) is 3.13. The fourth-order valence-electron chi connectivity index (χ4n) is 2.11. The lowest BCUT2D eigenvalue weighted by Crippen LogP contribution is -2.15. The molecule has 0 spiro atoms. The lowest BCUT2D eigenvalue weighted by Gasteiger charge is -2.13. The van der Waals surface area contributed by atoms with Crippen molar-refractivity contribution in [2.45, 2.75) is 39.5 Å². The number of nitrogens with one attached hydrogen (secondary N) is 1. The lowest BCUT2D eigenvalue weighted by atomic mass is 10.0. The van der Waals surface area contributed by atoms with Crippen LogP contribution in [0.2, 0.25) is 0 Å². The Balaban J connectivity index is 2.87. The summed E-state index contributed by atoms with van der Waals surface area (Å²) in [5, 5.41) is 20.7. The molecule has 0 aliphatic heterocycles. The largest absolute Gasteiger partial charge is 0.478 e. The van der Waals surface area contributed by atoms with E-state index in [9.17, 15) is 9.90 Å². The van der Waals surface area contributed by atoms with Crippen LogP contribution in [0.5, 0.6) is 0 Å². The van der Waals surface area contributed by atoms with Crippen LogP contribution in [0.15, 0.2) is 0 Å². The Kier molecular flexibility index (Phi) is 7.36. The van der Waals surface area contributed by atoms with Gasteiger partial charge in [0.1, 0.15) is 5.56 Å². The number of anilines is 1. The number of nitrogens with zero attached hydrogens (tertiary/aromatic N) is 2. The van der Waals surface area contributed by atoms with Crippen molar-refractivity contribution in [2.75, 3.05) is 23.9 Å². The average Bonchev–Trinajstić information content (AvgIpc) is 2.45. The lowest BCUT2D eigenvalue weighted by molar-refractivity contribution is 0.0696. The number of thioether (sulfide) groups is 1. The molecule has 1 rings (SSSR count). The standard InChI is InChI=1S/C14H23N3O2S/c1-4-10-11(5-2)16-17-13(12(10)14(18)19)15-8-6-7-9-20-3/h4-9H2,1-3H3,(H,15,17)(H,18,19). The summed E-state index contributed by atoms with van der Waals surface area (Å²) in [5.74, 6) is 0.586. The Morgan fingerprint density at radius 1 is 1.25 bits per heavy atom. The predicted octanol–water partition coefficient (Wildman–Crippen LogP) is 2.85. The van der Waals surface area contributed by atoms with E-state index in [1.807, 2.05) is 25.6 Å². The number of unbranched alkanes of at least 4 members (excludes halogenated alkanes) is 1. The number of aryl methyl sites for hydroxylation is 1. The molecule has 0 aromatic carbocycles. The molecule has 0 bridgehead atoms. The average molecular weight is 297 g/mol. The molecular formula is C14H23N3O2S. The topological polar surface area (TPSA) is 75.1 Å². The van der Waals surface area contributed by atoms with E-state index < -0.39 is 5.97 Å². The van der Waals surface area contributed by atoms with Gasteiger partial charge in [0.15, 0.2) is 5.82 Å². The maximum Gasteiger partial charge on any atom is 0.339 e. The fourth-order valence-corrected chi connectivity index (χ4v) is 2.60. The van der Waals surface area contributed by atoms with E-state index in [-0.39, 0.29) is 5.56 Å². The monoisotopic (exact) mass is 297 g/mol. The van der Waals surface area contributed by atoms with Crippen LogP contribution >= 0.6 is 11.8 Å². The van der Waals surface area contributed by atoms with Gasteiger partial charge in [0.05, 0.1) is 5.69 Å². The van der Waals surface area contributed by atoms with Crippen LogP contribution in [0, 0.1) is 0 Å². The summed E-state index contributed by atoms with van der Waals surface area (Å²) >= 11 is 1.82. The summed E-state index contributed by atoms with van der Waals surface area (Å²) in [6.45, 7) is 4.64. The minimum atomic E-state index is -0.932. The van der Waals surface area contributed by atoms with Crippen molar-refractivity contribution in [3.63, 3.8) is 0 Å². The van der Waals surface area contributed by atoms with Crippen molar-refractivity contribution in [3.8, 4) is 0 Å². The van der Waals surface area contributed by atoms with E-state index in [2.05, 4.69) is 21.8 Å². The van der Waals surface area contributed by atoms with Crippen molar-refractivity contribution in [3.05, 3.63) is 16.8 Å². The van der Waals surface area contributed by atoms with Gasteiger partial charge in [-0.15, -0.1) is 5.10 Å². The molecule has 0 radical (unpaired) electrons. The van der Waals surface area contributed by atoms with Crippen LogP contribution in [0.25, 0.3) is 0 Å². The minimum absolute atomic E-state index is 0.282. The Bertz CT molecular complexity index is 452. The first-order chi connectivity index (χ1) is 9.65. The number of carbonyl (C=O) groups is 1. The van der Waals surface area contributed by atoms with E-state index in [1.54, 1.807) is 0 Å². The van der Waals surface area contributed by atoms with Crippen LogP contribution in [-0.2, 0) is 12.8 Å². The second kappa shape index (κ2) is 8.79. The highest BCUT2D eigenvalue weighted by Crippen LogP contribution is 2.21. The first-order valence-electron chi connectivity index (χ1n) is 7.00. The number of hydrogen-bond donors (Lipinski definition) is 2. The molecule has 5 nitrogen and oxygen atoms in total. The highest BCUT2D eigenvalue weighted by molar-refractivity contribution is 7.98. The zero-order chi connectivity index (χ0) is 15.0. The Morgan fingerprint density at radius 3 is 2.55 bits per heavy atom. The third-order valence-corrected chi connectivity index (χ3v) is 3.82. The number of carboxylic acids is 1.